The lowest BCUT2D eigenvalue weighted by Gasteiger charge is -2.38. The van der Waals surface area contributed by atoms with Crippen molar-refractivity contribution in [2.24, 2.45) is 11.8 Å². The molecule has 2 amide bonds. The summed E-state index contributed by atoms with van der Waals surface area (Å²) >= 11 is 0. The smallest absolute Gasteiger partial charge is 0.273 e. The van der Waals surface area contributed by atoms with E-state index >= 15 is 0 Å². The monoisotopic (exact) mass is 522 g/mol. The normalized spacial score (nSPS) is 22.6. The first-order chi connectivity index (χ1) is 18.4. The molecule has 0 unspecified atom stereocenters. The Morgan fingerprint density at radius 1 is 1.11 bits per heavy atom. The molecular formula is C27H28F2N6O3. The van der Waals surface area contributed by atoms with E-state index in [2.05, 4.69) is 30.7 Å². The van der Waals surface area contributed by atoms with Crippen LogP contribution >= 0.6 is 0 Å². The zero-order chi connectivity index (χ0) is 26.3. The van der Waals surface area contributed by atoms with Gasteiger partial charge in [-0.25, -0.2) is 18.7 Å². The molecule has 0 radical (unpaired) electrons. The lowest BCUT2D eigenvalue weighted by atomic mass is 9.90. The second-order valence-corrected chi connectivity index (χ2v) is 10.5. The standard InChI is InChI=1S/C27H28F2N6O3/c28-17-4-5-18(20(29)12-17)23-13-22(34-38-23)25(37)32-21-6-11-35(14-16-2-3-16)15-19(21)24(36)33-27(7-8-27)26-30-9-1-10-31-26/h1,4-5,9-10,12-13,16,19,21H,2-3,6-8,11,14-15H2,(H,32,37)(H,33,36)/t19-,21-/m1/s1. The lowest BCUT2D eigenvalue weighted by Crippen LogP contribution is -2.57. The minimum Gasteiger partial charge on any atom is -0.355 e. The van der Waals surface area contributed by atoms with E-state index in [1.807, 2.05) is 0 Å². The van der Waals surface area contributed by atoms with Crippen molar-refractivity contribution in [3.05, 3.63) is 65.9 Å². The van der Waals surface area contributed by atoms with Crippen molar-refractivity contribution >= 4 is 11.8 Å². The fraction of sp³-hybridized carbons (Fsp3) is 0.444. The van der Waals surface area contributed by atoms with Crippen molar-refractivity contribution < 1.29 is 22.9 Å². The third kappa shape index (κ3) is 5.15. The number of carbonyl (C=O) groups excluding carboxylic acids is 2. The summed E-state index contributed by atoms with van der Waals surface area (Å²) in [6.45, 7) is 2.25. The van der Waals surface area contributed by atoms with Crippen LogP contribution in [0.2, 0.25) is 0 Å². The van der Waals surface area contributed by atoms with Gasteiger partial charge in [-0.2, -0.15) is 0 Å². The molecule has 3 aliphatic rings. The third-order valence-electron chi connectivity index (χ3n) is 7.61. The maximum Gasteiger partial charge on any atom is 0.273 e. The van der Waals surface area contributed by atoms with E-state index in [1.165, 1.54) is 25.0 Å². The van der Waals surface area contributed by atoms with Gasteiger partial charge in [-0.15, -0.1) is 0 Å². The number of carbonyl (C=O) groups is 2. The van der Waals surface area contributed by atoms with Crippen LogP contribution in [0.4, 0.5) is 8.78 Å². The van der Waals surface area contributed by atoms with Crippen LogP contribution in [0.5, 0.6) is 0 Å². The lowest BCUT2D eigenvalue weighted by molar-refractivity contribution is -0.128. The van der Waals surface area contributed by atoms with Gasteiger partial charge in [0.2, 0.25) is 5.91 Å². The van der Waals surface area contributed by atoms with E-state index in [0.29, 0.717) is 24.7 Å². The topological polar surface area (TPSA) is 113 Å². The van der Waals surface area contributed by atoms with Crippen LogP contribution in [-0.2, 0) is 10.3 Å². The first kappa shape index (κ1) is 24.6. The van der Waals surface area contributed by atoms with E-state index in [9.17, 15) is 18.4 Å². The molecule has 2 aromatic heterocycles. The summed E-state index contributed by atoms with van der Waals surface area (Å²) in [6.07, 6.45) is 7.89. The molecule has 3 aromatic rings. The quantitative estimate of drug-likeness (QED) is 0.468. The summed E-state index contributed by atoms with van der Waals surface area (Å²) in [5.74, 6) is -1.38. The van der Waals surface area contributed by atoms with E-state index in [1.54, 1.807) is 18.5 Å². The van der Waals surface area contributed by atoms with Crippen LogP contribution in [-0.4, -0.2) is 57.5 Å². The van der Waals surface area contributed by atoms with Gasteiger partial charge >= 0.3 is 0 Å². The fourth-order valence-corrected chi connectivity index (χ4v) is 5.13. The molecule has 2 saturated carbocycles. The molecular weight excluding hydrogens is 494 g/mol. The maximum absolute atomic E-state index is 14.2. The minimum atomic E-state index is -0.815. The minimum absolute atomic E-state index is 0.00134. The molecule has 38 heavy (non-hydrogen) atoms. The fourth-order valence-electron chi connectivity index (χ4n) is 5.13. The van der Waals surface area contributed by atoms with Crippen LogP contribution < -0.4 is 10.6 Å². The molecule has 9 nitrogen and oxygen atoms in total. The van der Waals surface area contributed by atoms with Gasteiger partial charge in [-0.3, -0.25) is 9.59 Å². The number of nitrogens with one attached hydrogen (secondary N) is 2. The summed E-state index contributed by atoms with van der Waals surface area (Å²) in [7, 11) is 0. The van der Waals surface area contributed by atoms with Gasteiger partial charge < -0.3 is 20.1 Å². The molecule has 1 saturated heterocycles. The first-order valence-electron chi connectivity index (χ1n) is 12.9. The van der Waals surface area contributed by atoms with Crippen LogP contribution in [0.15, 0.2) is 47.2 Å². The zero-order valence-electron chi connectivity index (χ0n) is 20.7. The van der Waals surface area contributed by atoms with Gasteiger partial charge in [0.25, 0.3) is 5.91 Å². The molecule has 2 N–H and O–H groups in total. The number of rotatable bonds is 8. The number of halogens is 2. The predicted molar refractivity (Wildman–Crippen MR) is 131 cm³/mol. The van der Waals surface area contributed by atoms with Crippen molar-refractivity contribution in [1.82, 2.24) is 30.7 Å². The molecule has 0 bridgehead atoms. The van der Waals surface area contributed by atoms with Crippen molar-refractivity contribution in [3.8, 4) is 11.3 Å². The highest BCUT2D eigenvalue weighted by Gasteiger charge is 2.50. The molecule has 2 atom stereocenters. The highest BCUT2D eigenvalue weighted by molar-refractivity contribution is 5.94. The van der Waals surface area contributed by atoms with E-state index in [4.69, 9.17) is 4.52 Å². The summed E-state index contributed by atoms with van der Waals surface area (Å²) in [4.78, 5) is 37.7. The van der Waals surface area contributed by atoms with Crippen molar-refractivity contribution in [1.29, 1.82) is 0 Å². The average Bonchev–Trinajstić information content (AvgIpc) is 3.84. The third-order valence-corrected chi connectivity index (χ3v) is 7.61. The average molecular weight is 523 g/mol. The second kappa shape index (κ2) is 9.86. The molecule has 0 spiro atoms. The van der Waals surface area contributed by atoms with Crippen LogP contribution in [0.3, 0.4) is 0 Å². The number of likely N-dealkylation sites (tertiary alicyclic amines) is 1. The Morgan fingerprint density at radius 3 is 2.61 bits per heavy atom. The highest BCUT2D eigenvalue weighted by atomic mass is 19.1. The Hall–Kier alpha value is -3.73. The Balaban J connectivity index is 1.17. The highest BCUT2D eigenvalue weighted by Crippen LogP contribution is 2.44. The summed E-state index contributed by atoms with van der Waals surface area (Å²) in [5.41, 5.74) is -0.604. The Morgan fingerprint density at radius 2 is 1.89 bits per heavy atom. The van der Waals surface area contributed by atoms with Crippen molar-refractivity contribution in [2.45, 2.75) is 43.7 Å². The number of hydrogen-bond donors (Lipinski definition) is 2. The summed E-state index contributed by atoms with van der Waals surface area (Å²) in [5, 5.41) is 9.92. The van der Waals surface area contributed by atoms with Crippen molar-refractivity contribution in [3.63, 3.8) is 0 Å². The maximum atomic E-state index is 14.2. The van der Waals surface area contributed by atoms with Gasteiger partial charge in [0, 0.05) is 50.2 Å². The zero-order valence-corrected chi connectivity index (χ0v) is 20.7. The molecule has 3 fully saturated rings. The van der Waals surface area contributed by atoms with E-state index in [0.717, 1.165) is 38.1 Å². The summed E-state index contributed by atoms with van der Waals surface area (Å²) < 4.78 is 32.6. The SMILES string of the molecule is O=C(N[C@@H]1CCN(CC2CC2)C[C@H]1C(=O)NC1(c2ncccn2)CC1)c1cc(-c2ccc(F)cc2F)on1. The largest absolute Gasteiger partial charge is 0.355 e. The van der Waals surface area contributed by atoms with Crippen molar-refractivity contribution in [2.75, 3.05) is 19.6 Å². The first-order valence-corrected chi connectivity index (χ1v) is 12.9. The summed E-state index contributed by atoms with van der Waals surface area (Å²) in [6, 6.07) is 5.70. The Labute approximate surface area is 218 Å². The number of hydrogen-bond acceptors (Lipinski definition) is 7. The van der Waals surface area contributed by atoms with Crippen LogP contribution in [0.25, 0.3) is 11.3 Å². The predicted octanol–water partition coefficient (Wildman–Crippen LogP) is 3.05. The van der Waals surface area contributed by atoms with Gasteiger partial charge in [0.05, 0.1) is 17.0 Å². The second-order valence-electron chi connectivity index (χ2n) is 10.5. The van der Waals surface area contributed by atoms with Gasteiger partial charge in [0.15, 0.2) is 17.3 Å². The number of nitrogens with zero attached hydrogens (tertiary/aromatic N) is 4. The Bertz CT molecular complexity index is 1340. The molecule has 1 aliphatic heterocycles. The molecule has 2 aliphatic carbocycles. The number of benzene rings is 1. The number of piperidine rings is 1. The molecule has 11 heteroatoms. The van der Waals surface area contributed by atoms with Gasteiger partial charge in [-0.1, -0.05) is 5.16 Å². The van der Waals surface area contributed by atoms with Crippen LogP contribution in [0.1, 0.15) is 48.4 Å². The van der Waals surface area contributed by atoms with Gasteiger partial charge in [0.1, 0.15) is 11.6 Å². The van der Waals surface area contributed by atoms with E-state index < -0.39 is 35.0 Å². The van der Waals surface area contributed by atoms with Crippen LogP contribution in [0, 0.1) is 23.5 Å². The number of aromatic nitrogens is 3. The van der Waals surface area contributed by atoms with Gasteiger partial charge in [-0.05, 0) is 56.2 Å². The molecule has 1 aromatic carbocycles. The molecule has 198 valence electrons. The van der Waals surface area contributed by atoms with E-state index in [-0.39, 0.29) is 22.9 Å². The Kier molecular flexibility index (Phi) is 6.38. The molecule has 6 rings (SSSR count). The molecule has 3 heterocycles. The number of amides is 2.